The van der Waals surface area contributed by atoms with Crippen molar-refractivity contribution in [1.29, 1.82) is 0 Å². The number of aromatic nitrogens is 2. The van der Waals surface area contributed by atoms with Crippen LogP contribution in [0.1, 0.15) is 10.4 Å². The monoisotopic (exact) mass is 164 g/mol. The van der Waals surface area contributed by atoms with E-state index in [1.165, 1.54) is 11.3 Å². The maximum atomic E-state index is 10.3. The molecule has 2 heterocycles. The molecule has 4 heteroatoms. The van der Waals surface area contributed by atoms with Crippen molar-refractivity contribution >= 4 is 28.0 Å². The number of hydrogen-bond donors (Lipinski definition) is 0. The van der Waals surface area contributed by atoms with Gasteiger partial charge in [0.2, 0.25) is 0 Å². The highest BCUT2D eigenvalue weighted by Crippen LogP contribution is 2.14. The summed E-state index contributed by atoms with van der Waals surface area (Å²) in [5, 5.41) is 0. The molecular formula is C7H4N2OS. The van der Waals surface area contributed by atoms with Crippen LogP contribution in [0.4, 0.5) is 0 Å². The van der Waals surface area contributed by atoms with Gasteiger partial charge in [-0.15, -0.1) is 11.3 Å². The van der Waals surface area contributed by atoms with Crippen molar-refractivity contribution in [3.8, 4) is 0 Å². The van der Waals surface area contributed by atoms with Gasteiger partial charge in [-0.3, -0.25) is 4.79 Å². The van der Waals surface area contributed by atoms with E-state index in [1.807, 2.05) is 0 Å². The van der Waals surface area contributed by atoms with Gasteiger partial charge in [-0.1, -0.05) is 0 Å². The Morgan fingerprint density at radius 3 is 3.18 bits per heavy atom. The SMILES string of the molecule is O=Cc1cnc2scnc2c1. The fourth-order valence-electron chi connectivity index (χ4n) is 0.837. The summed E-state index contributed by atoms with van der Waals surface area (Å²) >= 11 is 1.47. The molecule has 0 unspecified atom stereocenters. The van der Waals surface area contributed by atoms with Gasteiger partial charge in [0, 0.05) is 11.8 Å². The van der Waals surface area contributed by atoms with Crippen molar-refractivity contribution < 1.29 is 4.79 Å². The zero-order valence-corrected chi connectivity index (χ0v) is 6.34. The highest BCUT2D eigenvalue weighted by molar-refractivity contribution is 7.16. The van der Waals surface area contributed by atoms with E-state index in [9.17, 15) is 4.79 Å². The molecule has 0 aliphatic rings. The molecule has 0 atom stereocenters. The molecule has 0 amide bonds. The quantitative estimate of drug-likeness (QED) is 0.600. The molecule has 2 aromatic heterocycles. The topological polar surface area (TPSA) is 42.9 Å². The highest BCUT2D eigenvalue weighted by atomic mass is 32.1. The lowest BCUT2D eigenvalue weighted by Gasteiger charge is -1.87. The Morgan fingerprint density at radius 2 is 2.36 bits per heavy atom. The van der Waals surface area contributed by atoms with Crippen LogP contribution in [0.25, 0.3) is 10.3 Å². The van der Waals surface area contributed by atoms with E-state index in [0.29, 0.717) is 5.56 Å². The number of hydrogen-bond acceptors (Lipinski definition) is 4. The molecule has 2 aromatic rings. The summed E-state index contributed by atoms with van der Waals surface area (Å²) in [6, 6.07) is 1.73. The fourth-order valence-corrected chi connectivity index (χ4v) is 1.45. The van der Waals surface area contributed by atoms with Gasteiger partial charge in [-0.2, -0.15) is 0 Å². The van der Waals surface area contributed by atoms with Crippen LogP contribution in [0.5, 0.6) is 0 Å². The van der Waals surface area contributed by atoms with Gasteiger partial charge in [0.05, 0.1) is 5.51 Å². The lowest BCUT2D eigenvalue weighted by molar-refractivity contribution is 0.112. The number of carbonyl (C=O) groups excluding carboxylic acids is 1. The Morgan fingerprint density at radius 1 is 1.45 bits per heavy atom. The Balaban J connectivity index is 2.76. The highest BCUT2D eigenvalue weighted by Gasteiger charge is 1.97. The van der Waals surface area contributed by atoms with E-state index in [1.54, 1.807) is 17.8 Å². The van der Waals surface area contributed by atoms with Crippen LogP contribution in [0.2, 0.25) is 0 Å². The molecule has 11 heavy (non-hydrogen) atoms. The minimum atomic E-state index is 0.573. The second-order valence-corrected chi connectivity index (χ2v) is 2.90. The standard InChI is InChI=1S/C7H4N2OS/c10-3-5-1-6-7(8-2-5)11-4-9-6/h1-4H. The summed E-state index contributed by atoms with van der Waals surface area (Å²) in [7, 11) is 0. The van der Waals surface area contributed by atoms with Crippen molar-refractivity contribution in [2.75, 3.05) is 0 Å². The first-order valence-electron chi connectivity index (χ1n) is 3.04. The third kappa shape index (κ3) is 1.01. The molecule has 0 aliphatic carbocycles. The van der Waals surface area contributed by atoms with E-state index in [4.69, 9.17) is 0 Å². The molecule has 0 saturated carbocycles. The van der Waals surface area contributed by atoms with Gasteiger partial charge in [0.25, 0.3) is 0 Å². The number of aldehydes is 1. The van der Waals surface area contributed by atoms with Crippen molar-refractivity contribution in [3.05, 3.63) is 23.3 Å². The molecule has 3 nitrogen and oxygen atoms in total. The normalized spacial score (nSPS) is 10.2. The van der Waals surface area contributed by atoms with Crippen molar-refractivity contribution in [1.82, 2.24) is 9.97 Å². The average Bonchev–Trinajstić information content (AvgIpc) is 2.50. The molecule has 0 fully saturated rings. The maximum absolute atomic E-state index is 10.3. The molecule has 0 saturated heterocycles. The number of nitrogens with zero attached hydrogens (tertiary/aromatic N) is 2. The number of carbonyl (C=O) groups is 1. The van der Waals surface area contributed by atoms with Crippen LogP contribution in [0, 0.1) is 0 Å². The lowest BCUT2D eigenvalue weighted by Crippen LogP contribution is -1.81. The van der Waals surface area contributed by atoms with E-state index >= 15 is 0 Å². The zero-order chi connectivity index (χ0) is 7.68. The molecule has 0 N–H and O–H groups in total. The van der Waals surface area contributed by atoms with E-state index in [-0.39, 0.29) is 0 Å². The van der Waals surface area contributed by atoms with Gasteiger partial charge >= 0.3 is 0 Å². The predicted molar refractivity (Wildman–Crippen MR) is 42.8 cm³/mol. The average molecular weight is 164 g/mol. The van der Waals surface area contributed by atoms with Gasteiger partial charge in [-0.25, -0.2) is 9.97 Å². The van der Waals surface area contributed by atoms with Crippen LogP contribution in [0.15, 0.2) is 17.8 Å². The summed E-state index contributed by atoms with van der Waals surface area (Å²) < 4.78 is 0. The van der Waals surface area contributed by atoms with Gasteiger partial charge in [0.15, 0.2) is 6.29 Å². The predicted octanol–water partition coefficient (Wildman–Crippen LogP) is 1.50. The van der Waals surface area contributed by atoms with Crippen LogP contribution in [0.3, 0.4) is 0 Å². The Hall–Kier alpha value is -1.29. The fraction of sp³-hybridized carbons (Fsp3) is 0. The van der Waals surface area contributed by atoms with Gasteiger partial charge in [0.1, 0.15) is 10.3 Å². The largest absolute Gasteiger partial charge is 0.298 e. The third-order valence-electron chi connectivity index (χ3n) is 1.35. The first-order chi connectivity index (χ1) is 5.40. The van der Waals surface area contributed by atoms with E-state index in [2.05, 4.69) is 9.97 Å². The number of thiazole rings is 1. The zero-order valence-electron chi connectivity index (χ0n) is 5.52. The minimum absolute atomic E-state index is 0.573. The second kappa shape index (κ2) is 2.39. The summed E-state index contributed by atoms with van der Waals surface area (Å²) in [6.07, 6.45) is 2.32. The number of rotatable bonds is 1. The van der Waals surface area contributed by atoms with Crippen molar-refractivity contribution in [3.63, 3.8) is 0 Å². The molecule has 0 radical (unpaired) electrons. The first kappa shape index (κ1) is 6.42. The molecule has 0 bridgehead atoms. The number of pyridine rings is 1. The van der Waals surface area contributed by atoms with Crippen molar-refractivity contribution in [2.45, 2.75) is 0 Å². The van der Waals surface area contributed by atoms with E-state index < -0.39 is 0 Å². The molecule has 0 aromatic carbocycles. The van der Waals surface area contributed by atoms with Crippen LogP contribution in [-0.4, -0.2) is 16.3 Å². The summed E-state index contributed by atoms with van der Waals surface area (Å²) in [5.74, 6) is 0. The third-order valence-corrected chi connectivity index (χ3v) is 2.09. The van der Waals surface area contributed by atoms with Crippen molar-refractivity contribution in [2.24, 2.45) is 0 Å². The van der Waals surface area contributed by atoms with Crippen LogP contribution in [-0.2, 0) is 0 Å². The molecule has 54 valence electrons. The Labute approximate surface area is 66.7 Å². The van der Waals surface area contributed by atoms with Crippen LogP contribution < -0.4 is 0 Å². The Kier molecular flexibility index (Phi) is 1.40. The number of fused-ring (bicyclic) bond motifs is 1. The lowest BCUT2D eigenvalue weighted by atomic mass is 10.3. The van der Waals surface area contributed by atoms with Gasteiger partial charge in [-0.05, 0) is 6.07 Å². The smallest absolute Gasteiger partial charge is 0.151 e. The maximum Gasteiger partial charge on any atom is 0.151 e. The first-order valence-corrected chi connectivity index (χ1v) is 3.92. The second-order valence-electron chi connectivity index (χ2n) is 2.06. The van der Waals surface area contributed by atoms with Crippen LogP contribution >= 0.6 is 11.3 Å². The molecule has 0 aliphatic heterocycles. The summed E-state index contributed by atoms with van der Waals surface area (Å²) in [6.45, 7) is 0. The summed E-state index contributed by atoms with van der Waals surface area (Å²) in [4.78, 5) is 19.2. The Bertz CT molecular complexity index is 396. The van der Waals surface area contributed by atoms with Gasteiger partial charge < -0.3 is 0 Å². The summed E-state index contributed by atoms with van der Waals surface area (Å²) in [5.41, 5.74) is 3.08. The molecule has 0 spiro atoms. The molecular weight excluding hydrogens is 160 g/mol. The minimum Gasteiger partial charge on any atom is -0.298 e. The van der Waals surface area contributed by atoms with E-state index in [0.717, 1.165) is 16.6 Å². The molecule has 2 rings (SSSR count).